The second-order valence-corrected chi connectivity index (χ2v) is 10.1. The first-order valence-electron chi connectivity index (χ1n) is 11.9. The normalized spacial score (nSPS) is 39.4. The van der Waals surface area contributed by atoms with Crippen molar-refractivity contribution in [3.05, 3.63) is 0 Å². The van der Waals surface area contributed by atoms with Crippen LogP contribution in [0, 0.1) is 0 Å². The van der Waals surface area contributed by atoms with Gasteiger partial charge in [-0.25, -0.2) is 4.57 Å². The summed E-state index contributed by atoms with van der Waals surface area (Å²) in [5.74, 6) is 0. The van der Waals surface area contributed by atoms with Gasteiger partial charge < -0.3 is 76.2 Å². The van der Waals surface area contributed by atoms with Crippen molar-refractivity contribution in [2.24, 2.45) is 11.5 Å². The van der Waals surface area contributed by atoms with Crippen molar-refractivity contribution >= 4 is 7.82 Å². The van der Waals surface area contributed by atoms with Crippen molar-refractivity contribution < 1.29 is 78.3 Å². The molecular formula is C19H39N2O16P. The molecule has 1 unspecified atom stereocenters. The van der Waals surface area contributed by atoms with Crippen LogP contribution in [-0.2, 0) is 32.6 Å². The molecule has 13 atom stereocenters. The number of aliphatic hydroxyl groups is 8. The molecule has 0 aromatic heterocycles. The molecule has 2 fully saturated rings. The van der Waals surface area contributed by atoms with E-state index < -0.39 is 101 Å². The minimum absolute atomic E-state index is 0.00695. The molecule has 38 heavy (non-hydrogen) atoms. The molecule has 226 valence electrons. The van der Waals surface area contributed by atoms with E-state index in [-0.39, 0.29) is 19.7 Å². The Labute approximate surface area is 217 Å². The van der Waals surface area contributed by atoms with Crippen LogP contribution in [0.2, 0.25) is 0 Å². The van der Waals surface area contributed by atoms with Crippen LogP contribution in [-0.4, -0.2) is 159 Å². The number of phosphoric ester groups is 1. The smallest absolute Gasteiger partial charge is 0.394 e. The summed E-state index contributed by atoms with van der Waals surface area (Å²) in [5, 5.41) is 81.8. The van der Waals surface area contributed by atoms with Gasteiger partial charge in [-0.2, -0.15) is 0 Å². The van der Waals surface area contributed by atoms with Gasteiger partial charge in [-0.15, -0.1) is 0 Å². The van der Waals surface area contributed by atoms with E-state index >= 15 is 0 Å². The summed E-state index contributed by atoms with van der Waals surface area (Å²) in [6, 6.07) is 0. The van der Waals surface area contributed by atoms with Crippen molar-refractivity contribution in [1.82, 2.24) is 0 Å². The molecule has 0 saturated carbocycles. The molecule has 0 aromatic carbocycles. The summed E-state index contributed by atoms with van der Waals surface area (Å²) in [6.07, 6.45) is -21.5. The third kappa shape index (κ3) is 8.53. The lowest BCUT2D eigenvalue weighted by Crippen LogP contribution is -2.67. The lowest BCUT2D eigenvalue weighted by Gasteiger charge is -2.48. The summed E-state index contributed by atoms with van der Waals surface area (Å²) in [6.45, 7) is -2.18. The molecule has 2 heterocycles. The van der Waals surface area contributed by atoms with Crippen LogP contribution in [0.25, 0.3) is 0 Å². The van der Waals surface area contributed by atoms with Crippen LogP contribution in [0.5, 0.6) is 0 Å². The second-order valence-electron chi connectivity index (χ2n) is 8.67. The van der Waals surface area contributed by atoms with Gasteiger partial charge >= 0.3 is 7.82 Å². The molecule has 18 nitrogen and oxygen atoms in total. The molecule has 19 heteroatoms. The molecule has 2 aliphatic rings. The van der Waals surface area contributed by atoms with Crippen LogP contribution in [0.1, 0.15) is 6.42 Å². The topological polar surface area (TPSA) is 307 Å². The lowest BCUT2D eigenvalue weighted by molar-refractivity contribution is -0.366. The predicted molar refractivity (Wildman–Crippen MR) is 122 cm³/mol. The molecule has 0 aliphatic carbocycles. The van der Waals surface area contributed by atoms with Gasteiger partial charge in [0, 0.05) is 6.54 Å². The van der Waals surface area contributed by atoms with Crippen LogP contribution in [0.4, 0.5) is 0 Å². The van der Waals surface area contributed by atoms with Gasteiger partial charge in [0.2, 0.25) is 0 Å². The Hall–Kier alpha value is -0.450. The standard InChI is InChI=1S/C19H39N2O16P/c20-2-1-4-32-18-12(28)16(10(26)14(34-18)8(24)6-22)36-19-13(29)17(37-38(30,31)33-5-3-21)11(27)15(35-19)9(25)7-23/h8-19,22-29H,1-7,20-21H2,(H,30,31)/t8-,9-,10+,11+,12-,13-,14+,15+,16-,17-,18+,19-/m0/s1. The van der Waals surface area contributed by atoms with E-state index in [1.54, 1.807) is 0 Å². The minimum atomic E-state index is -4.93. The fraction of sp³-hybridized carbons (Fsp3) is 1.00. The van der Waals surface area contributed by atoms with Gasteiger partial charge in [0.1, 0.15) is 61.0 Å². The minimum Gasteiger partial charge on any atom is -0.394 e. The first-order valence-corrected chi connectivity index (χ1v) is 13.4. The molecular weight excluding hydrogens is 543 g/mol. The van der Waals surface area contributed by atoms with Gasteiger partial charge in [-0.05, 0) is 13.0 Å². The van der Waals surface area contributed by atoms with Gasteiger partial charge in [-0.1, -0.05) is 0 Å². The largest absolute Gasteiger partial charge is 0.472 e. The molecule has 2 saturated heterocycles. The SMILES string of the molecule is NCCCO[C@@H]1O[C@H]([C@@H](O)CO)[C@@H](O)[C@H](O[C@@H]2O[C@H]([C@@H](O)CO)[C@@H](O)[C@H](OP(=O)(O)OCCN)[C@@H]2O)[C@@H]1O. The van der Waals surface area contributed by atoms with Crippen LogP contribution >= 0.6 is 7.82 Å². The summed E-state index contributed by atoms with van der Waals surface area (Å²) in [4.78, 5) is 9.93. The Morgan fingerprint density at radius 1 is 0.789 bits per heavy atom. The first-order chi connectivity index (χ1) is 17.9. The van der Waals surface area contributed by atoms with Gasteiger partial charge in [0.15, 0.2) is 12.6 Å². The lowest BCUT2D eigenvalue weighted by atomic mass is 9.93. The van der Waals surface area contributed by atoms with Gasteiger partial charge in [0.05, 0.1) is 26.4 Å². The van der Waals surface area contributed by atoms with Crippen molar-refractivity contribution in [3.63, 3.8) is 0 Å². The Kier molecular flexibility index (Phi) is 13.8. The zero-order chi connectivity index (χ0) is 28.6. The molecule has 2 rings (SSSR count). The highest BCUT2D eigenvalue weighted by molar-refractivity contribution is 7.47. The Balaban J connectivity index is 2.33. The number of aliphatic hydroxyl groups excluding tert-OH is 8. The fourth-order valence-corrected chi connectivity index (χ4v) is 4.84. The summed E-state index contributed by atoms with van der Waals surface area (Å²) in [7, 11) is -4.93. The second kappa shape index (κ2) is 15.5. The van der Waals surface area contributed by atoms with Crippen LogP contribution < -0.4 is 11.5 Å². The zero-order valence-corrected chi connectivity index (χ0v) is 21.3. The third-order valence-corrected chi connectivity index (χ3v) is 6.86. The maximum absolute atomic E-state index is 12.3. The molecule has 0 radical (unpaired) electrons. The Morgan fingerprint density at radius 3 is 1.84 bits per heavy atom. The van der Waals surface area contributed by atoms with Crippen molar-refractivity contribution in [2.75, 3.05) is 39.5 Å². The van der Waals surface area contributed by atoms with E-state index in [1.165, 1.54) is 0 Å². The van der Waals surface area contributed by atoms with Crippen molar-refractivity contribution in [1.29, 1.82) is 0 Å². The average Bonchev–Trinajstić information content (AvgIpc) is 2.89. The third-order valence-electron chi connectivity index (χ3n) is 5.84. The molecule has 0 bridgehead atoms. The van der Waals surface area contributed by atoms with Gasteiger partial charge in [-0.3, -0.25) is 9.05 Å². The van der Waals surface area contributed by atoms with E-state index in [4.69, 9.17) is 34.9 Å². The zero-order valence-electron chi connectivity index (χ0n) is 20.4. The maximum Gasteiger partial charge on any atom is 0.472 e. The van der Waals surface area contributed by atoms with E-state index in [9.17, 15) is 50.3 Å². The quantitative estimate of drug-likeness (QED) is 0.0632. The van der Waals surface area contributed by atoms with E-state index in [0.29, 0.717) is 6.42 Å². The highest BCUT2D eigenvalue weighted by Crippen LogP contribution is 2.47. The monoisotopic (exact) mass is 582 g/mol. The highest BCUT2D eigenvalue weighted by Gasteiger charge is 2.54. The van der Waals surface area contributed by atoms with E-state index in [0.717, 1.165) is 0 Å². The van der Waals surface area contributed by atoms with E-state index in [2.05, 4.69) is 4.52 Å². The summed E-state index contributed by atoms with van der Waals surface area (Å²) >= 11 is 0. The maximum atomic E-state index is 12.3. The number of hydrogen-bond acceptors (Lipinski definition) is 17. The molecule has 2 aliphatic heterocycles. The predicted octanol–water partition coefficient (Wildman–Crippen LogP) is -6.20. The first kappa shape index (κ1) is 33.8. The van der Waals surface area contributed by atoms with Crippen molar-refractivity contribution in [3.8, 4) is 0 Å². The number of nitrogens with two attached hydrogens (primary N) is 2. The Morgan fingerprint density at radius 2 is 1.32 bits per heavy atom. The molecule has 13 N–H and O–H groups in total. The van der Waals surface area contributed by atoms with E-state index in [1.807, 2.05) is 0 Å². The van der Waals surface area contributed by atoms with Gasteiger partial charge in [0.25, 0.3) is 0 Å². The van der Waals surface area contributed by atoms with Crippen LogP contribution in [0.15, 0.2) is 0 Å². The number of ether oxygens (including phenoxy) is 4. The number of hydrogen-bond donors (Lipinski definition) is 11. The Bertz CT molecular complexity index is 741. The highest BCUT2D eigenvalue weighted by atomic mass is 31.2. The molecule has 0 spiro atoms. The number of rotatable bonds is 15. The summed E-state index contributed by atoms with van der Waals surface area (Å²) in [5.41, 5.74) is 10.6. The van der Waals surface area contributed by atoms with Crippen LogP contribution in [0.3, 0.4) is 0 Å². The summed E-state index contributed by atoms with van der Waals surface area (Å²) < 4.78 is 43.5. The average molecular weight is 582 g/mol. The number of phosphoric acid groups is 1. The molecule has 0 amide bonds. The van der Waals surface area contributed by atoms with Crippen molar-refractivity contribution in [2.45, 2.75) is 80.0 Å². The fourth-order valence-electron chi connectivity index (χ4n) is 3.89. The molecule has 0 aromatic rings.